The third-order valence-electron chi connectivity index (χ3n) is 5.07. The highest BCUT2D eigenvalue weighted by Crippen LogP contribution is 2.18. The number of sulfonamides is 1. The molecule has 2 heterocycles. The van der Waals surface area contributed by atoms with Crippen LogP contribution in [0.25, 0.3) is 0 Å². The molecule has 0 radical (unpaired) electrons. The van der Waals surface area contributed by atoms with Gasteiger partial charge in [0.15, 0.2) is 0 Å². The van der Waals surface area contributed by atoms with E-state index in [4.69, 9.17) is 4.74 Å². The topological polar surface area (TPSA) is 79.0 Å². The Morgan fingerprint density at radius 2 is 1.73 bits per heavy atom. The summed E-state index contributed by atoms with van der Waals surface area (Å²) in [7, 11) is -3.50. The Bertz CT molecular complexity index is 706. The summed E-state index contributed by atoms with van der Waals surface area (Å²) in [4.78, 5) is 14.3. The molecule has 0 unspecified atom stereocenters. The van der Waals surface area contributed by atoms with Crippen molar-refractivity contribution in [3.05, 3.63) is 29.8 Å². The zero-order valence-electron chi connectivity index (χ0n) is 15.2. The lowest BCUT2D eigenvalue weighted by Gasteiger charge is -2.34. The first kappa shape index (κ1) is 19.1. The van der Waals surface area contributed by atoms with Crippen LogP contribution in [0.3, 0.4) is 0 Å². The van der Waals surface area contributed by atoms with Crippen molar-refractivity contribution in [3.8, 4) is 0 Å². The van der Waals surface area contributed by atoms with Gasteiger partial charge in [0.25, 0.3) is 0 Å². The highest BCUT2D eigenvalue weighted by Gasteiger charge is 2.30. The molecule has 2 saturated heterocycles. The number of nitrogens with zero attached hydrogens (tertiary/aromatic N) is 2. The number of ether oxygens (including phenoxy) is 1. The maximum atomic E-state index is 12.7. The normalized spacial score (nSPS) is 20.1. The Balaban J connectivity index is 1.50. The van der Waals surface area contributed by atoms with Crippen LogP contribution >= 0.6 is 0 Å². The van der Waals surface area contributed by atoms with E-state index in [0.29, 0.717) is 43.5 Å². The fourth-order valence-electron chi connectivity index (χ4n) is 3.28. The number of piperazine rings is 1. The van der Waals surface area contributed by atoms with Gasteiger partial charge in [-0.05, 0) is 37.8 Å². The highest BCUT2D eigenvalue weighted by molar-refractivity contribution is 7.89. The van der Waals surface area contributed by atoms with Gasteiger partial charge < -0.3 is 15.0 Å². The predicted molar refractivity (Wildman–Crippen MR) is 98.5 cm³/mol. The maximum Gasteiger partial charge on any atom is 0.317 e. The van der Waals surface area contributed by atoms with Crippen molar-refractivity contribution in [2.24, 2.45) is 5.92 Å². The number of hydrogen-bond acceptors (Lipinski definition) is 4. The van der Waals surface area contributed by atoms with Gasteiger partial charge in [-0.25, -0.2) is 13.2 Å². The number of amides is 2. The molecule has 2 amide bonds. The fourth-order valence-corrected chi connectivity index (χ4v) is 4.71. The largest absolute Gasteiger partial charge is 0.381 e. The van der Waals surface area contributed by atoms with Gasteiger partial charge in [0.2, 0.25) is 10.0 Å². The maximum absolute atomic E-state index is 12.7. The second kappa shape index (κ2) is 8.37. The molecule has 1 aromatic rings. The molecule has 0 atom stereocenters. The molecule has 0 bridgehead atoms. The summed E-state index contributed by atoms with van der Waals surface area (Å²) in [5, 5.41) is 2.98. The van der Waals surface area contributed by atoms with Crippen molar-refractivity contribution in [1.29, 1.82) is 0 Å². The van der Waals surface area contributed by atoms with Crippen LogP contribution in [-0.2, 0) is 14.8 Å². The molecule has 0 saturated carbocycles. The standard InChI is InChI=1S/C18H27N3O4S/c1-15-2-4-17(5-3-15)26(23,24)21-10-8-20(9-11-21)18(22)19-14-16-6-12-25-13-7-16/h2-5,16H,6-14H2,1H3,(H,19,22). The van der Waals surface area contributed by atoms with Gasteiger partial charge in [-0.1, -0.05) is 17.7 Å². The highest BCUT2D eigenvalue weighted by atomic mass is 32.2. The van der Waals surface area contributed by atoms with E-state index in [2.05, 4.69) is 5.32 Å². The van der Waals surface area contributed by atoms with Gasteiger partial charge in [-0.2, -0.15) is 4.31 Å². The van der Waals surface area contributed by atoms with Crippen LogP contribution < -0.4 is 5.32 Å². The molecule has 2 aliphatic heterocycles. The van der Waals surface area contributed by atoms with Crippen LogP contribution in [0.4, 0.5) is 4.79 Å². The lowest BCUT2D eigenvalue weighted by atomic mass is 10.0. The molecule has 3 rings (SSSR count). The van der Waals surface area contributed by atoms with E-state index in [-0.39, 0.29) is 6.03 Å². The lowest BCUT2D eigenvalue weighted by molar-refractivity contribution is 0.0662. The van der Waals surface area contributed by atoms with Crippen LogP contribution in [-0.4, -0.2) is 69.6 Å². The summed E-state index contributed by atoms with van der Waals surface area (Å²) in [6.45, 7) is 5.56. The fraction of sp³-hybridized carbons (Fsp3) is 0.611. The zero-order chi connectivity index (χ0) is 18.6. The average Bonchev–Trinajstić information content (AvgIpc) is 2.67. The van der Waals surface area contributed by atoms with Gasteiger partial charge in [0.05, 0.1) is 4.90 Å². The lowest BCUT2D eigenvalue weighted by Crippen LogP contribution is -2.53. The van der Waals surface area contributed by atoms with Crippen molar-refractivity contribution in [3.63, 3.8) is 0 Å². The van der Waals surface area contributed by atoms with Crippen LogP contribution in [0.15, 0.2) is 29.2 Å². The van der Waals surface area contributed by atoms with Gasteiger partial charge in [0.1, 0.15) is 0 Å². The second-order valence-electron chi connectivity index (χ2n) is 6.95. The smallest absolute Gasteiger partial charge is 0.317 e. The number of benzene rings is 1. The molecule has 0 aromatic heterocycles. The number of rotatable bonds is 4. The minimum atomic E-state index is -3.50. The molecule has 0 spiro atoms. The molecule has 2 aliphatic rings. The average molecular weight is 381 g/mol. The quantitative estimate of drug-likeness (QED) is 0.856. The molecule has 7 nitrogen and oxygen atoms in total. The van der Waals surface area contributed by atoms with Crippen molar-refractivity contribution >= 4 is 16.1 Å². The second-order valence-corrected chi connectivity index (χ2v) is 8.88. The van der Waals surface area contributed by atoms with Gasteiger partial charge in [-0.3, -0.25) is 0 Å². The molecule has 8 heteroatoms. The first-order valence-electron chi connectivity index (χ1n) is 9.14. The number of hydrogen-bond donors (Lipinski definition) is 1. The van der Waals surface area contributed by atoms with Crippen LogP contribution in [0, 0.1) is 12.8 Å². The Morgan fingerprint density at radius 3 is 2.35 bits per heavy atom. The Hall–Kier alpha value is -1.64. The third kappa shape index (κ3) is 4.55. The van der Waals surface area contributed by atoms with Gasteiger partial charge in [-0.15, -0.1) is 0 Å². The summed E-state index contributed by atoms with van der Waals surface area (Å²) < 4.78 is 32.2. The van der Waals surface area contributed by atoms with Gasteiger partial charge in [0, 0.05) is 45.9 Å². The summed E-state index contributed by atoms with van der Waals surface area (Å²) >= 11 is 0. The van der Waals surface area contributed by atoms with Crippen LogP contribution in [0.2, 0.25) is 0 Å². The molecular formula is C18H27N3O4S. The van der Waals surface area contributed by atoms with E-state index in [0.717, 1.165) is 31.6 Å². The van der Waals surface area contributed by atoms with E-state index in [1.807, 2.05) is 6.92 Å². The predicted octanol–water partition coefficient (Wildman–Crippen LogP) is 1.44. The molecule has 1 N–H and O–H groups in total. The first-order chi connectivity index (χ1) is 12.5. The zero-order valence-corrected chi connectivity index (χ0v) is 16.0. The summed E-state index contributed by atoms with van der Waals surface area (Å²) in [5.41, 5.74) is 1.02. The molecule has 0 aliphatic carbocycles. The molecule has 2 fully saturated rings. The molecular weight excluding hydrogens is 354 g/mol. The Kier molecular flexibility index (Phi) is 6.16. The van der Waals surface area contributed by atoms with Crippen LogP contribution in [0.1, 0.15) is 18.4 Å². The Morgan fingerprint density at radius 1 is 1.12 bits per heavy atom. The third-order valence-corrected chi connectivity index (χ3v) is 6.98. The summed E-state index contributed by atoms with van der Waals surface area (Å²) in [5.74, 6) is 0.468. The van der Waals surface area contributed by atoms with Crippen molar-refractivity contribution in [2.75, 3.05) is 45.9 Å². The number of aryl methyl sites for hydroxylation is 1. The number of carbonyl (C=O) groups is 1. The Labute approximate surface area is 155 Å². The minimum absolute atomic E-state index is 0.108. The van der Waals surface area contributed by atoms with E-state index < -0.39 is 10.0 Å². The van der Waals surface area contributed by atoms with E-state index in [1.54, 1.807) is 29.2 Å². The first-order valence-corrected chi connectivity index (χ1v) is 10.6. The molecule has 26 heavy (non-hydrogen) atoms. The monoisotopic (exact) mass is 381 g/mol. The number of urea groups is 1. The minimum Gasteiger partial charge on any atom is -0.381 e. The van der Waals surface area contributed by atoms with Crippen molar-refractivity contribution in [1.82, 2.24) is 14.5 Å². The number of nitrogens with one attached hydrogen (secondary N) is 1. The van der Waals surface area contributed by atoms with Crippen molar-refractivity contribution < 1.29 is 17.9 Å². The molecule has 1 aromatic carbocycles. The summed E-state index contributed by atoms with van der Waals surface area (Å²) in [6, 6.07) is 6.76. The molecule has 144 valence electrons. The van der Waals surface area contributed by atoms with E-state index in [9.17, 15) is 13.2 Å². The van der Waals surface area contributed by atoms with Crippen molar-refractivity contribution in [2.45, 2.75) is 24.7 Å². The van der Waals surface area contributed by atoms with Crippen LogP contribution in [0.5, 0.6) is 0 Å². The van der Waals surface area contributed by atoms with E-state index in [1.165, 1.54) is 4.31 Å². The van der Waals surface area contributed by atoms with Gasteiger partial charge >= 0.3 is 6.03 Å². The summed E-state index contributed by atoms with van der Waals surface area (Å²) in [6.07, 6.45) is 1.95. The van der Waals surface area contributed by atoms with E-state index >= 15 is 0 Å². The number of carbonyl (C=O) groups excluding carboxylic acids is 1. The SMILES string of the molecule is Cc1ccc(S(=O)(=O)N2CCN(C(=O)NCC3CCOCC3)CC2)cc1.